The monoisotopic (exact) mass is 746 g/mol. The van der Waals surface area contributed by atoms with Gasteiger partial charge in [0.05, 0.1) is 17.8 Å². The summed E-state index contributed by atoms with van der Waals surface area (Å²) in [6.07, 6.45) is 7.67. The molecule has 52 heavy (non-hydrogen) atoms. The molecule has 4 heterocycles. The highest BCUT2D eigenvalue weighted by Gasteiger charge is 2.48. The average Bonchev–Trinajstić information content (AvgIpc) is 3.85. The smallest absolute Gasteiger partial charge is 0.254 e. The molecule has 0 bridgehead atoms. The van der Waals surface area contributed by atoms with Crippen LogP contribution < -0.4 is 26.0 Å². The van der Waals surface area contributed by atoms with Crippen molar-refractivity contribution in [2.24, 2.45) is 0 Å². The van der Waals surface area contributed by atoms with Crippen molar-refractivity contribution in [2.45, 2.75) is 55.4 Å². The molecule has 7 rings (SSSR count). The number of hydrogen-bond acceptors (Lipinski definition) is 7. The zero-order chi connectivity index (χ0) is 36.4. The fourth-order valence-electron chi connectivity index (χ4n) is 7.48. The number of nitrogens with zero attached hydrogens (tertiary/aromatic N) is 2. The van der Waals surface area contributed by atoms with Crippen LogP contribution in [0.2, 0.25) is 5.02 Å². The summed E-state index contributed by atoms with van der Waals surface area (Å²) in [5, 5.41) is 11.5. The van der Waals surface area contributed by atoms with Crippen molar-refractivity contribution in [3.63, 3.8) is 0 Å². The Morgan fingerprint density at radius 1 is 0.981 bits per heavy atom. The third-order valence-electron chi connectivity index (χ3n) is 10.3. The summed E-state index contributed by atoms with van der Waals surface area (Å²) in [4.78, 5) is 42.8. The number of methoxy groups -OCH3 is 1. The van der Waals surface area contributed by atoms with Gasteiger partial charge < -0.3 is 30.9 Å². The van der Waals surface area contributed by atoms with Gasteiger partial charge in [0.15, 0.2) is 5.67 Å². The Hall–Kier alpha value is -4.29. The second-order valence-corrected chi connectivity index (χ2v) is 14.5. The lowest BCUT2D eigenvalue weighted by Gasteiger charge is -2.38. The number of alkyl halides is 2. The summed E-state index contributed by atoms with van der Waals surface area (Å²) in [5.74, 6) is 0.650. The third kappa shape index (κ3) is 7.19. The Labute approximate surface area is 312 Å². The van der Waals surface area contributed by atoms with E-state index in [1.807, 2.05) is 36.4 Å². The number of fused-ring (bicyclic) bond motifs is 1. The fraction of sp³-hybridized carbons (Fsp3) is 0.385. The molecule has 2 fully saturated rings. The number of allylic oxidation sites excluding steroid dienone is 3. The summed E-state index contributed by atoms with van der Waals surface area (Å²) in [6, 6.07) is 14.5. The third-order valence-corrected chi connectivity index (χ3v) is 11.2. The van der Waals surface area contributed by atoms with Crippen LogP contribution in [0.25, 0.3) is 16.8 Å². The Bertz CT molecular complexity index is 1960. The van der Waals surface area contributed by atoms with Gasteiger partial charge in [0.2, 0.25) is 11.8 Å². The largest absolute Gasteiger partial charge is 0.497 e. The number of benzene rings is 2. The highest BCUT2D eigenvalue weighted by molar-refractivity contribution is 6.34. The first-order valence-electron chi connectivity index (χ1n) is 17.6. The second kappa shape index (κ2) is 15.4. The van der Waals surface area contributed by atoms with Crippen molar-refractivity contribution >= 4 is 46.5 Å². The van der Waals surface area contributed by atoms with Gasteiger partial charge in [0, 0.05) is 87.1 Å². The van der Waals surface area contributed by atoms with E-state index in [4.69, 9.17) is 27.9 Å². The number of pyridine rings is 1. The first kappa shape index (κ1) is 36.1. The van der Waals surface area contributed by atoms with Gasteiger partial charge in [-0.25, -0.2) is 4.39 Å². The molecular weight excluding hydrogens is 706 g/mol. The molecule has 1 aromatic heterocycles. The molecule has 3 amide bonds. The van der Waals surface area contributed by atoms with E-state index >= 15 is 4.39 Å². The number of carbonyl (C=O) groups is 3. The van der Waals surface area contributed by atoms with Crippen molar-refractivity contribution in [1.29, 1.82) is 0 Å². The van der Waals surface area contributed by atoms with Crippen LogP contribution in [0.15, 0.2) is 72.5 Å². The number of nitrogens with one attached hydrogen (secondary N) is 4. The predicted molar refractivity (Wildman–Crippen MR) is 199 cm³/mol. The molecule has 2 aromatic carbocycles. The summed E-state index contributed by atoms with van der Waals surface area (Å²) in [7, 11) is 1.57. The van der Waals surface area contributed by atoms with Crippen LogP contribution in [0.3, 0.4) is 0 Å². The lowest BCUT2D eigenvalue weighted by Crippen LogP contribution is -2.43. The quantitative estimate of drug-likeness (QED) is 0.145. The molecular formula is C39H41Cl2FN6O4. The molecule has 3 aromatic rings. The lowest BCUT2D eigenvalue weighted by molar-refractivity contribution is -0.120. The summed E-state index contributed by atoms with van der Waals surface area (Å²) in [5.41, 5.74) is 2.10. The maximum Gasteiger partial charge on any atom is 0.254 e. The van der Waals surface area contributed by atoms with Crippen molar-refractivity contribution in [1.82, 2.24) is 31.2 Å². The van der Waals surface area contributed by atoms with Gasteiger partial charge >= 0.3 is 0 Å². The molecule has 2 unspecified atom stereocenters. The van der Waals surface area contributed by atoms with E-state index in [0.29, 0.717) is 85.7 Å². The van der Waals surface area contributed by atoms with Crippen LogP contribution in [-0.4, -0.2) is 84.9 Å². The number of ether oxygens (including phenoxy) is 1. The molecule has 1 aliphatic carbocycles. The first-order chi connectivity index (χ1) is 25.1. The normalized spacial score (nSPS) is 24.0. The number of aromatic nitrogens is 1. The molecule has 0 radical (unpaired) electrons. The van der Waals surface area contributed by atoms with Crippen molar-refractivity contribution in [2.75, 3.05) is 39.8 Å². The molecule has 2 saturated heterocycles. The Kier molecular flexibility index (Phi) is 10.7. The number of hydrogen-bond donors (Lipinski definition) is 4. The van der Waals surface area contributed by atoms with Crippen LogP contribution in [-0.2, 0) is 21.8 Å². The van der Waals surface area contributed by atoms with Crippen molar-refractivity contribution < 1.29 is 23.5 Å². The Balaban J connectivity index is 1.14. The van der Waals surface area contributed by atoms with Gasteiger partial charge in [0.25, 0.3) is 5.91 Å². The number of amides is 3. The first-order valence-corrected chi connectivity index (χ1v) is 18.4. The molecule has 13 heteroatoms. The highest BCUT2D eigenvalue weighted by Crippen LogP contribution is 2.51. The SMILES string of the molecule is COc1cccc(C2=CC=C(CNC[C@H]3CCC(=O)N3)C(F)(c3ccnc(-c4ccc5c(c4)CN(CCNC[C@@H]4CCC(=O)N4)C5=O)c3Cl)C2Cl)c1. The molecule has 10 nitrogen and oxygen atoms in total. The van der Waals surface area contributed by atoms with E-state index in [0.717, 1.165) is 17.5 Å². The average molecular weight is 748 g/mol. The lowest BCUT2D eigenvalue weighted by atomic mass is 9.76. The number of halogens is 3. The highest BCUT2D eigenvalue weighted by atomic mass is 35.5. The van der Waals surface area contributed by atoms with Gasteiger partial charge in [-0.15, -0.1) is 11.6 Å². The summed E-state index contributed by atoms with van der Waals surface area (Å²) in [6.45, 7) is 2.84. The number of rotatable bonds is 13. The van der Waals surface area contributed by atoms with Gasteiger partial charge in [0.1, 0.15) is 11.1 Å². The molecule has 0 spiro atoms. The minimum absolute atomic E-state index is 0.0129. The fourth-order valence-corrected chi connectivity index (χ4v) is 8.30. The van der Waals surface area contributed by atoms with Gasteiger partial charge in [-0.05, 0) is 65.4 Å². The van der Waals surface area contributed by atoms with Crippen LogP contribution in [0.1, 0.15) is 52.7 Å². The Morgan fingerprint density at radius 2 is 1.73 bits per heavy atom. The van der Waals surface area contributed by atoms with Crippen LogP contribution >= 0.6 is 23.2 Å². The van der Waals surface area contributed by atoms with Gasteiger partial charge in [-0.2, -0.15) is 0 Å². The summed E-state index contributed by atoms with van der Waals surface area (Å²) < 4.78 is 23.7. The van der Waals surface area contributed by atoms with E-state index in [1.165, 1.54) is 6.20 Å². The molecule has 4 aliphatic rings. The van der Waals surface area contributed by atoms with Crippen molar-refractivity contribution in [3.8, 4) is 17.0 Å². The van der Waals surface area contributed by atoms with E-state index in [1.54, 1.807) is 36.3 Å². The van der Waals surface area contributed by atoms with E-state index in [9.17, 15) is 14.4 Å². The van der Waals surface area contributed by atoms with Crippen LogP contribution in [0.5, 0.6) is 5.75 Å². The van der Waals surface area contributed by atoms with E-state index in [-0.39, 0.29) is 46.9 Å². The van der Waals surface area contributed by atoms with Crippen molar-refractivity contribution in [3.05, 3.63) is 99.7 Å². The molecule has 3 aliphatic heterocycles. The van der Waals surface area contributed by atoms with E-state index in [2.05, 4.69) is 26.3 Å². The zero-order valence-corrected chi connectivity index (χ0v) is 30.3. The molecule has 272 valence electrons. The zero-order valence-electron chi connectivity index (χ0n) is 28.8. The number of carbonyl (C=O) groups excluding carboxylic acids is 3. The van der Waals surface area contributed by atoms with Crippen LogP contribution in [0, 0.1) is 0 Å². The standard InChI is InChI=1S/C39H41Cl2FN6O4/c1-52-29-4-2-3-23(18-29)30-10-6-26(19-44-21-28-8-12-34(50)47-28)39(42,37(30)41)32-13-14-45-36(35(32)40)24-5-9-31-25(17-24)22-48(38(31)51)16-15-43-20-27-7-11-33(49)46-27/h2-6,9-10,13-14,17-18,27-28,37,43-44H,7-8,11-12,15-16,19-22H2,1H3,(H,46,49)(H,47,50)/t27-,28+,37?,39?/m0/s1. The maximum absolute atomic E-state index is 18.2. The molecule has 4 N–H and O–H groups in total. The van der Waals surface area contributed by atoms with E-state index < -0.39 is 11.0 Å². The van der Waals surface area contributed by atoms with Crippen LogP contribution in [0.4, 0.5) is 4.39 Å². The summed E-state index contributed by atoms with van der Waals surface area (Å²) >= 11 is 14.3. The Morgan fingerprint density at radius 3 is 2.44 bits per heavy atom. The topological polar surface area (TPSA) is 125 Å². The minimum Gasteiger partial charge on any atom is -0.497 e. The van der Waals surface area contributed by atoms with Gasteiger partial charge in [-0.3, -0.25) is 19.4 Å². The second-order valence-electron chi connectivity index (χ2n) is 13.7. The predicted octanol–water partition coefficient (Wildman–Crippen LogP) is 4.90. The minimum atomic E-state index is -2.24. The van der Waals surface area contributed by atoms with Gasteiger partial charge in [-0.1, -0.05) is 42.0 Å². The maximum atomic E-state index is 18.2. The molecule has 0 saturated carbocycles. The molecule has 4 atom stereocenters.